The second kappa shape index (κ2) is 15.8. The highest BCUT2D eigenvalue weighted by Gasteiger charge is 2.69. The molecule has 0 aromatic carbocycles. The monoisotopic (exact) mass is 674 g/mol. The van der Waals surface area contributed by atoms with Crippen LogP contribution < -0.4 is 16.0 Å². The quantitative estimate of drug-likeness (QED) is 0.132. The fourth-order valence-corrected chi connectivity index (χ4v) is 7.04. The molecule has 2 saturated carbocycles. The minimum absolute atomic E-state index is 0.0776. The summed E-state index contributed by atoms with van der Waals surface area (Å²) in [4.78, 5) is 81.2. The third-order valence-electron chi connectivity index (χ3n) is 10.2. The molecule has 0 bridgehead atoms. The molecule has 0 spiro atoms. The molecule has 0 aromatic rings. The highest BCUT2D eigenvalue weighted by atomic mass is 16.6. The molecule has 1 heterocycles. The van der Waals surface area contributed by atoms with Gasteiger partial charge in [0.1, 0.15) is 23.3 Å². The molecule has 1 saturated heterocycles. The molecule has 3 unspecified atom stereocenters. The largest absolute Gasteiger partial charge is 0.460 e. The van der Waals surface area contributed by atoms with Gasteiger partial charge in [-0.25, -0.2) is 4.79 Å². The average molecular weight is 675 g/mol. The lowest BCUT2D eigenvalue weighted by atomic mass is 9.83. The van der Waals surface area contributed by atoms with E-state index in [0.717, 1.165) is 32.1 Å². The van der Waals surface area contributed by atoms with Crippen LogP contribution in [0.5, 0.6) is 0 Å². The van der Waals surface area contributed by atoms with E-state index in [-0.39, 0.29) is 48.5 Å². The maximum atomic E-state index is 14.3. The van der Waals surface area contributed by atoms with Crippen LogP contribution in [-0.4, -0.2) is 82.9 Å². The van der Waals surface area contributed by atoms with Gasteiger partial charge in [0, 0.05) is 13.1 Å². The van der Waals surface area contributed by atoms with E-state index in [1.165, 1.54) is 0 Å². The molecule has 0 radical (unpaired) electrons. The SMILES string of the molecule is C=CCCC(NC(=O)[C@@H]1C2C(CN1C(=O)[C@@H](NC(=O)OC(C)(C)C)C1CCCCC1)C2(C)C)C(=O)C(=O)NCCC(=O)OC(C)(C)CC. The molecule has 4 amide bonds. The molecule has 12 nitrogen and oxygen atoms in total. The van der Waals surface area contributed by atoms with Crippen LogP contribution in [0.3, 0.4) is 0 Å². The zero-order valence-electron chi connectivity index (χ0n) is 30.2. The number of allylic oxidation sites excluding steroid dienone is 1. The molecule has 270 valence electrons. The van der Waals surface area contributed by atoms with Crippen molar-refractivity contribution in [3.63, 3.8) is 0 Å². The number of hydrogen-bond donors (Lipinski definition) is 3. The van der Waals surface area contributed by atoms with Gasteiger partial charge in [0.15, 0.2) is 0 Å². The van der Waals surface area contributed by atoms with Crippen molar-refractivity contribution in [2.45, 2.75) is 143 Å². The van der Waals surface area contributed by atoms with Crippen molar-refractivity contribution in [3.05, 3.63) is 12.7 Å². The van der Waals surface area contributed by atoms with Gasteiger partial charge in [-0.05, 0) is 89.9 Å². The maximum Gasteiger partial charge on any atom is 0.408 e. The van der Waals surface area contributed by atoms with Crippen LogP contribution in [0.2, 0.25) is 0 Å². The van der Waals surface area contributed by atoms with Gasteiger partial charge in [-0.1, -0.05) is 46.1 Å². The number of piperidine rings is 1. The Bertz CT molecular complexity index is 1230. The van der Waals surface area contributed by atoms with Crippen molar-refractivity contribution in [1.82, 2.24) is 20.9 Å². The number of esters is 1. The Morgan fingerprint density at radius 2 is 1.62 bits per heavy atom. The molecular weight excluding hydrogens is 616 g/mol. The zero-order valence-corrected chi connectivity index (χ0v) is 30.2. The topological polar surface area (TPSA) is 160 Å². The van der Waals surface area contributed by atoms with E-state index in [4.69, 9.17) is 9.47 Å². The maximum absolute atomic E-state index is 14.3. The summed E-state index contributed by atoms with van der Waals surface area (Å²) in [5.74, 6) is -3.26. The Kier molecular flexibility index (Phi) is 12.9. The van der Waals surface area contributed by atoms with E-state index in [0.29, 0.717) is 19.4 Å². The second-order valence-electron chi connectivity index (χ2n) is 15.8. The number of ether oxygens (including phenoxy) is 2. The third kappa shape index (κ3) is 10.0. The van der Waals surface area contributed by atoms with Gasteiger partial charge >= 0.3 is 12.1 Å². The molecule has 48 heavy (non-hydrogen) atoms. The smallest absolute Gasteiger partial charge is 0.408 e. The van der Waals surface area contributed by atoms with Gasteiger partial charge in [0.05, 0.1) is 12.5 Å². The highest BCUT2D eigenvalue weighted by molar-refractivity contribution is 6.38. The first-order chi connectivity index (χ1) is 22.3. The summed E-state index contributed by atoms with van der Waals surface area (Å²) in [7, 11) is 0. The number of nitrogens with one attached hydrogen (secondary N) is 3. The first kappa shape index (κ1) is 39.0. The van der Waals surface area contributed by atoms with Crippen LogP contribution in [0.4, 0.5) is 4.79 Å². The molecule has 3 rings (SSSR count). The van der Waals surface area contributed by atoms with Gasteiger partial charge in [0.2, 0.25) is 17.6 Å². The number of likely N-dealkylation sites (tertiary alicyclic amines) is 1. The summed E-state index contributed by atoms with van der Waals surface area (Å²) in [6, 6.07) is -2.88. The Morgan fingerprint density at radius 1 is 0.979 bits per heavy atom. The Balaban J connectivity index is 1.76. The highest BCUT2D eigenvalue weighted by Crippen LogP contribution is 2.65. The molecular formula is C36H58N4O8. The normalized spacial score (nSPS) is 23.2. The lowest BCUT2D eigenvalue weighted by Crippen LogP contribution is -2.59. The number of carbonyl (C=O) groups excluding carboxylic acids is 6. The molecule has 0 aromatic heterocycles. The minimum atomic E-state index is -1.16. The fourth-order valence-electron chi connectivity index (χ4n) is 7.04. The number of hydrogen-bond acceptors (Lipinski definition) is 8. The Hall–Kier alpha value is -3.44. The van der Waals surface area contributed by atoms with E-state index in [2.05, 4.69) is 36.4 Å². The van der Waals surface area contributed by atoms with E-state index in [9.17, 15) is 28.8 Å². The lowest BCUT2D eigenvalue weighted by molar-refractivity contribution is -0.156. The Labute approximate surface area is 285 Å². The molecule has 2 aliphatic carbocycles. The van der Waals surface area contributed by atoms with Crippen LogP contribution in [0, 0.1) is 23.2 Å². The number of ketones is 1. The number of nitrogens with zero attached hydrogens (tertiary/aromatic N) is 1. The van der Waals surface area contributed by atoms with E-state index >= 15 is 0 Å². The lowest BCUT2D eigenvalue weighted by Gasteiger charge is -2.37. The van der Waals surface area contributed by atoms with Gasteiger partial charge in [-0.2, -0.15) is 0 Å². The van der Waals surface area contributed by atoms with Crippen molar-refractivity contribution < 1.29 is 38.2 Å². The average Bonchev–Trinajstić information content (AvgIpc) is 3.32. The van der Waals surface area contributed by atoms with E-state index in [1.54, 1.807) is 45.6 Å². The molecule has 5 atom stereocenters. The molecule has 3 N–H and O–H groups in total. The first-order valence-electron chi connectivity index (χ1n) is 17.6. The number of rotatable bonds is 15. The van der Waals surface area contributed by atoms with Gasteiger partial charge in [-0.3, -0.25) is 24.0 Å². The third-order valence-corrected chi connectivity index (χ3v) is 10.2. The molecule has 12 heteroatoms. The summed E-state index contributed by atoms with van der Waals surface area (Å²) in [6.45, 7) is 18.8. The summed E-state index contributed by atoms with van der Waals surface area (Å²) in [5.41, 5.74) is -1.58. The standard InChI is InChI=1S/C36H58N4O8/c1-10-12-18-24(29(42)31(44)37-20-19-25(41)47-35(6,7)11-2)38-30(43)28-26-23(36(26,8)9)21-40(28)32(45)27(22-16-14-13-15-17-22)39-33(46)48-34(3,4)5/h10,22-24,26-28H,1,11-21H2,2-9H3,(H,37,44)(H,38,43)(H,39,46)/t23?,24?,26?,27-,28-/m0/s1. The van der Waals surface area contributed by atoms with Crippen molar-refractivity contribution >= 4 is 35.6 Å². The number of alkyl carbamates (subject to hydrolysis) is 1. The second-order valence-corrected chi connectivity index (χ2v) is 15.8. The van der Waals surface area contributed by atoms with Crippen LogP contribution >= 0.6 is 0 Å². The fraction of sp³-hybridized carbons (Fsp3) is 0.778. The van der Waals surface area contributed by atoms with Crippen molar-refractivity contribution in [3.8, 4) is 0 Å². The summed E-state index contributed by atoms with van der Waals surface area (Å²) < 4.78 is 10.9. The summed E-state index contributed by atoms with van der Waals surface area (Å²) in [6.07, 6.45) is 6.42. The van der Waals surface area contributed by atoms with Crippen LogP contribution in [-0.2, 0) is 33.4 Å². The van der Waals surface area contributed by atoms with Crippen molar-refractivity contribution in [2.75, 3.05) is 13.1 Å². The van der Waals surface area contributed by atoms with Crippen LogP contribution in [0.25, 0.3) is 0 Å². The van der Waals surface area contributed by atoms with Gasteiger partial charge in [0.25, 0.3) is 5.91 Å². The summed E-state index contributed by atoms with van der Waals surface area (Å²) in [5, 5.41) is 8.10. The summed E-state index contributed by atoms with van der Waals surface area (Å²) >= 11 is 0. The first-order valence-corrected chi connectivity index (χ1v) is 17.6. The number of carbonyl (C=O) groups is 6. The van der Waals surface area contributed by atoms with E-state index in [1.807, 2.05) is 6.92 Å². The number of amides is 4. The Morgan fingerprint density at radius 3 is 2.21 bits per heavy atom. The molecule has 3 fully saturated rings. The van der Waals surface area contributed by atoms with Gasteiger partial charge < -0.3 is 30.3 Å². The van der Waals surface area contributed by atoms with Crippen molar-refractivity contribution in [2.24, 2.45) is 23.2 Å². The van der Waals surface area contributed by atoms with Gasteiger partial charge in [-0.15, -0.1) is 6.58 Å². The van der Waals surface area contributed by atoms with E-state index < -0.39 is 59.0 Å². The predicted molar refractivity (Wildman–Crippen MR) is 180 cm³/mol. The van der Waals surface area contributed by atoms with Crippen molar-refractivity contribution in [1.29, 1.82) is 0 Å². The zero-order chi connectivity index (χ0) is 36.0. The van der Waals surface area contributed by atoms with Crippen LogP contribution in [0.1, 0.15) is 113 Å². The molecule has 3 aliphatic rings. The predicted octanol–water partition coefficient (Wildman–Crippen LogP) is 4.20. The molecule has 1 aliphatic heterocycles. The number of fused-ring (bicyclic) bond motifs is 1. The number of Topliss-reactive ketones (excluding diaryl/α,β-unsaturated/α-hetero) is 1. The minimum Gasteiger partial charge on any atom is -0.460 e. The van der Waals surface area contributed by atoms with Crippen LogP contribution in [0.15, 0.2) is 12.7 Å².